The van der Waals surface area contributed by atoms with E-state index in [9.17, 15) is 9.90 Å². The van der Waals surface area contributed by atoms with Gasteiger partial charge in [0.1, 0.15) is 0 Å². The number of aliphatic hydroxyl groups excluding tert-OH is 1. The maximum atomic E-state index is 11.3. The molecule has 4 nitrogen and oxygen atoms in total. The Morgan fingerprint density at radius 2 is 1.86 bits per heavy atom. The second-order valence-corrected chi connectivity index (χ2v) is 4.83. The van der Waals surface area contributed by atoms with Crippen LogP contribution in [0.3, 0.4) is 0 Å². The Morgan fingerprint density at radius 3 is 2.50 bits per heavy atom. The molecular formula is C18H19NO3. The molecule has 0 aliphatic rings. The summed E-state index contributed by atoms with van der Waals surface area (Å²) in [4.78, 5) is 15.5. The highest BCUT2D eigenvalue weighted by atomic mass is 16.5. The van der Waals surface area contributed by atoms with Gasteiger partial charge in [-0.2, -0.15) is 0 Å². The van der Waals surface area contributed by atoms with Crippen molar-refractivity contribution in [3.63, 3.8) is 0 Å². The van der Waals surface area contributed by atoms with Crippen molar-refractivity contribution in [2.75, 3.05) is 6.61 Å². The Labute approximate surface area is 130 Å². The van der Waals surface area contributed by atoms with E-state index in [1.54, 1.807) is 19.2 Å². The van der Waals surface area contributed by atoms with Gasteiger partial charge in [-0.05, 0) is 37.0 Å². The number of pyridine rings is 1. The number of carbonyl (C=O) groups excluding carboxylic acids is 1. The van der Waals surface area contributed by atoms with E-state index in [4.69, 9.17) is 4.74 Å². The van der Waals surface area contributed by atoms with Crippen molar-refractivity contribution in [2.24, 2.45) is 0 Å². The summed E-state index contributed by atoms with van der Waals surface area (Å²) in [6, 6.07) is 14.0. The van der Waals surface area contributed by atoms with Gasteiger partial charge in [0, 0.05) is 12.3 Å². The molecule has 2 rings (SSSR count). The number of hydrogen-bond donors (Lipinski definition) is 1. The zero-order chi connectivity index (χ0) is 15.8. The lowest BCUT2D eigenvalue weighted by Gasteiger charge is -2.03. The van der Waals surface area contributed by atoms with E-state index < -0.39 is 11.7 Å². The third kappa shape index (κ3) is 4.74. The summed E-state index contributed by atoms with van der Waals surface area (Å²) in [5.41, 5.74) is 2.91. The Balaban J connectivity index is 1.95. The normalized spacial score (nSPS) is 11.2. The maximum Gasteiger partial charge on any atom is 0.373 e. The molecule has 1 aromatic carbocycles. The van der Waals surface area contributed by atoms with Crippen molar-refractivity contribution in [3.8, 4) is 0 Å². The van der Waals surface area contributed by atoms with E-state index >= 15 is 0 Å². The van der Waals surface area contributed by atoms with Crippen molar-refractivity contribution < 1.29 is 14.6 Å². The standard InChI is InChI=1S/C18H19NO3/c1-2-22-18(21)17(20)12-16-11-10-15(13-19-16)9-8-14-6-4-3-5-7-14/h3-7,10-13,20H,2,8-9H2,1H3/b17-12-. The summed E-state index contributed by atoms with van der Waals surface area (Å²) in [6.45, 7) is 1.91. The van der Waals surface area contributed by atoms with Crippen LogP contribution >= 0.6 is 0 Å². The summed E-state index contributed by atoms with van der Waals surface area (Å²) in [7, 11) is 0. The average Bonchev–Trinajstić information content (AvgIpc) is 2.55. The van der Waals surface area contributed by atoms with Crippen LogP contribution in [0.2, 0.25) is 0 Å². The van der Waals surface area contributed by atoms with E-state index in [1.165, 1.54) is 11.6 Å². The molecule has 0 fully saturated rings. The van der Waals surface area contributed by atoms with Crippen molar-refractivity contribution in [3.05, 3.63) is 71.2 Å². The third-order valence-corrected chi connectivity index (χ3v) is 3.16. The number of aromatic nitrogens is 1. The van der Waals surface area contributed by atoms with Gasteiger partial charge in [-0.1, -0.05) is 36.4 Å². The molecule has 0 amide bonds. The van der Waals surface area contributed by atoms with Crippen LogP contribution in [-0.2, 0) is 22.4 Å². The predicted octanol–water partition coefficient (Wildman–Crippen LogP) is 3.33. The van der Waals surface area contributed by atoms with Crippen LogP contribution in [0.25, 0.3) is 6.08 Å². The molecule has 22 heavy (non-hydrogen) atoms. The number of aryl methyl sites for hydroxylation is 2. The minimum atomic E-state index is -0.738. The van der Waals surface area contributed by atoms with Crippen LogP contribution in [0.4, 0.5) is 0 Å². The monoisotopic (exact) mass is 297 g/mol. The molecular weight excluding hydrogens is 278 g/mol. The summed E-state index contributed by atoms with van der Waals surface area (Å²) >= 11 is 0. The zero-order valence-electron chi connectivity index (χ0n) is 12.5. The first-order valence-electron chi connectivity index (χ1n) is 7.25. The first kappa shape index (κ1) is 15.8. The summed E-state index contributed by atoms with van der Waals surface area (Å²) in [5.74, 6) is -1.18. The molecule has 1 N–H and O–H groups in total. The summed E-state index contributed by atoms with van der Waals surface area (Å²) < 4.78 is 4.70. The number of hydrogen-bond acceptors (Lipinski definition) is 4. The van der Waals surface area contributed by atoms with Gasteiger partial charge in [0.2, 0.25) is 5.76 Å². The van der Waals surface area contributed by atoms with Gasteiger partial charge in [0.25, 0.3) is 0 Å². The largest absolute Gasteiger partial charge is 0.502 e. The fourth-order valence-corrected chi connectivity index (χ4v) is 2.01. The van der Waals surface area contributed by atoms with E-state index in [1.807, 2.05) is 24.3 Å². The second kappa shape index (κ2) is 7.98. The Hall–Kier alpha value is -2.62. The predicted molar refractivity (Wildman–Crippen MR) is 85.3 cm³/mol. The third-order valence-electron chi connectivity index (χ3n) is 3.16. The molecule has 0 atom stereocenters. The van der Waals surface area contributed by atoms with Gasteiger partial charge >= 0.3 is 5.97 Å². The highest BCUT2D eigenvalue weighted by Gasteiger charge is 2.08. The number of nitrogens with zero attached hydrogens (tertiary/aromatic N) is 1. The number of benzene rings is 1. The molecule has 1 heterocycles. The van der Waals surface area contributed by atoms with Gasteiger partial charge in [0.15, 0.2) is 0 Å². The fourth-order valence-electron chi connectivity index (χ4n) is 2.01. The quantitative estimate of drug-likeness (QED) is 0.505. The number of aliphatic hydroxyl groups is 1. The van der Waals surface area contributed by atoms with Crippen molar-refractivity contribution >= 4 is 12.0 Å². The van der Waals surface area contributed by atoms with Gasteiger partial charge in [-0.15, -0.1) is 0 Å². The van der Waals surface area contributed by atoms with E-state index in [0.29, 0.717) is 5.69 Å². The first-order valence-corrected chi connectivity index (χ1v) is 7.25. The minimum Gasteiger partial charge on any atom is -0.502 e. The lowest BCUT2D eigenvalue weighted by molar-refractivity contribution is -0.141. The lowest BCUT2D eigenvalue weighted by atomic mass is 10.1. The van der Waals surface area contributed by atoms with Gasteiger partial charge < -0.3 is 9.84 Å². The molecule has 0 spiro atoms. The number of rotatable bonds is 6. The van der Waals surface area contributed by atoms with Crippen LogP contribution in [0.1, 0.15) is 23.7 Å². The first-order chi connectivity index (χ1) is 10.7. The Bertz CT molecular complexity index is 633. The summed E-state index contributed by atoms with van der Waals surface area (Å²) in [6.07, 6.45) is 4.91. The van der Waals surface area contributed by atoms with Gasteiger partial charge in [-0.25, -0.2) is 4.79 Å². The molecule has 0 aliphatic heterocycles. The zero-order valence-corrected chi connectivity index (χ0v) is 12.5. The van der Waals surface area contributed by atoms with E-state index in [-0.39, 0.29) is 6.61 Å². The molecule has 0 saturated carbocycles. The molecule has 0 saturated heterocycles. The molecule has 0 radical (unpaired) electrons. The molecule has 1 aromatic heterocycles. The number of carbonyl (C=O) groups is 1. The van der Waals surface area contributed by atoms with Crippen molar-refractivity contribution in [1.29, 1.82) is 0 Å². The van der Waals surface area contributed by atoms with Crippen LogP contribution in [0, 0.1) is 0 Å². The molecule has 0 bridgehead atoms. The molecule has 0 unspecified atom stereocenters. The van der Waals surface area contributed by atoms with Crippen LogP contribution in [0.5, 0.6) is 0 Å². The molecule has 114 valence electrons. The average molecular weight is 297 g/mol. The Kier molecular flexibility index (Phi) is 5.72. The molecule has 4 heteroatoms. The summed E-state index contributed by atoms with van der Waals surface area (Å²) in [5, 5.41) is 9.57. The number of ether oxygens (including phenoxy) is 1. The SMILES string of the molecule is CCOC(=O)/C(O)=C/c1ccc(CCc2ccccc2)cn1. The second-order valence-electron chi connectivity index (χ2n) is 4.83. The van der Waals surface area contributed by atoms with E-state index in [2.05, 4.69) is 17.1 Å². The highest BCUT2D eigenvalue weighted by molar-refractivity contribution is 5.90. The van der Waals surface area contributed by atoms with Gasteiger partial charge in [0.05, 0.1) is 12.3 Å². The van der Waals surface area contributed by atoms with Crippen molar-refractivity contribution in [2.45, 2.75) is 19.8 Å². The molecule has 0 aliphatic carbocycles. The number of esters is 1. The van der Waals surface area contributed by atoms with Gasteiger partial charge in [-0.3, -0.25) is 4.98 Å². The topological polar surface area (TPSA) is 59.4 Å². The van der Waals surface area contributed by atoms with E-state index in [0.717, 1.165) is 18.4 Å². The maximum absolute atomic E-state index is 11.3. The highest BCUT2D eigenvalue weighted by Crippen LogP contribution is 2.09. The molecule has 2 aromatic rings. The van der Waals surface area contributed by atoms with Crippen LogP contribution in [-0.4, -0.2) is 22.7 Å². The fraction of sp³-hybridized carbons (Fsp3) is 0.222. The Morgan fingerprint density at radius 1 is 1.14 bits per heavy atom. The smallest absolute Gasteiger partial charge is 0.373 e. The van der Waals surface area contributed by atoms with Crippen molar-refractivity contribution in [1.82, 2.24) is 4.98 Å². The minimum absolute atomic E-state index is 0.225. The lowest BCUT2D eigenvalue weighted by Crippen LogP contribution is -2.06. The van der Waals surface area contributed by atoms with Crippen LogP contribution in [0.15, 0.2) is 54.4 Å². The van der Waals surface area contributed by atoms with Crippen LogP contribution < -0.4 is 0 Å².